The quantitative estimate of drug-likeness (QED) is 0.455. The van der Waals surface area contributed by atoms with Crippen LogP contribution < -0.4 is 24.8 Å². The number of hydrogen-bond acceptors (Lipinski definition) is 0. The van der Waals surface area contributed by atoms with E-state index in [0.717, 1.165) is 0 Å². The summed E-state index contributed by atoms with van der Waals surface area (Å²) in [6, 6.07) is 18.2. The van der Waals surface area contributed by atoms with Crippen LogP contribution in [-0.4, -0.2) is 4.26 Å². The molecule has 0 amide bonds. The fraction of sp³-hybridized carbons (Fsp3) is 0.370. The van der Waals surface area contributed by atoms with Crippen molar-refractivity contribution in [1.82, 2.24) is 0 Å². The Kier molecular flexibility index (Phi) is 7.65. The normalized spacial score (nSPS) is 19.4. The third-order valence-electron chi connectivity index (χ3n) is 6.25. The van der Waals surface area contributed by atoms with Crippen molar-refractivity contribution in [3.8, 4) is 0 Å². The van der Waals surface area contributed by atoms with Crippen LogP contribution in [0.1, 0.15) is 71.1 Å². The topological polar surface area (TPSA) is 0 Å². The number of rotatable bonds is 2. The Hall–Kier alpha value is -0.760. The van der Waals surface area contributed by atoms with Gasteiger partial charge in [0.05, 0.1) is 0 Å². The van der Waals surface area contributed by atoms with Crippen molar-refractivity contribution in [3.05, 3.63) is 82.9 Å². The van der Waals surface area contributed by atoms with Crippen molar-refractivity contribution in [2.24, 2.45) is 10.8 Å². The Balaban J connectivity index is 0.00000160. The second kappa shape index (κ2) is 9.00. The summed E-state index contributed by atoms with van der Waals surface area (Å²) in [5.41, 5.74) is 9.42. The predicted octanol–water partition coefficient (Wildman–Crippen LogP) is 1.41. The zero-order valence-electron chi connectivity index (χ0n) is 18.9. The first kappa shape index (κ1) is 25.5. The van der Waals surface area contributed by atoms with Gasteiger partial charge >= 0.3 is 179 Å². The molecule has 158 valence electrons. The molecule has 30 heavy (non-hydrogen) atoms. The molecule has 2 aromatic carbocycles. The van der Waals surface area contributed by atoms with Gasteiger partial charge in [0, 0.05) is 0 Å². The number of allylic oxidation sites excluding steroid dienone is 4. The van der Waals surface area contributed by atoms with E-state index in [-0.39, 0.29) is 35.6 Å². The molecule has 4 rings (SSSR count). The summed E-state index contributed by atoms with van der Waals surface area (Å²) >= 11 is -2.30. The number of halogens is 2. The average molecular weight is 606 g/mol. The van der Waals surface area contributed by atoms with E-state index in [4.69, 9.17) is 4.26 Å². The van der Waals surface area contributed by atoms with Crippen LogP contribution in [0, 0.1) is 10.8 Å². The fourth-order valence-electron chi connectivity index (χ4n) is 4.83. The van der Waals surface area contributed by atoms with E-state index in [0.29, 0.717) is 7.35 Å². The van der Waals surface area contributed by atoms with Crippen LogP contribution >= 0.6 is 0 Å². The molecule has 2 unspecified atom stereocenters. The third-order valence-corrected chi connectivity index (χ3v) is 15.4. The Bertz CT molecular complexity index is 934. The van der Waals surface area contributed by atoms with E-state index >= 15 is 0 Å². The Morgan fingerprint density at radius 1 is 0.633 bits per heavy atom. The van der Waals surface area contributed by atoms with E-state index in [9.17, 15) is 0 Å². The molecule has 2 aromatic rings. The molecule has 2 aliphatic carbocycles. The Labute approximate surface area is 202 Å². The zero-order valence-corrected chi connectivity index (χ0v) is 24.0. The second-order valence-corrected chi connectivity index (χ2v) is 19.0. The molecule has 0 heterocycles. The fourth-order valence-corrected chi connectivity index (χ4v) is 13.6. The van der Waals surface area contributed by atoms with Gasteiger partial charge in [-0.3, -0.25) is 0 Å². The van der Waals surface area contributed by atoms with Gasteiger partial charge in [-0.15, -0.1) is 0 Å². The van der Waals surface area contributed by atoms with Crippen molar-refractivity contribution in [3.63, 3.8) is 0 Å². The summed E-state index contributed by atoms with van der Waals surface area (Å²) in [4.78, 5) is 0. The summed E-state index contributed by atoms with van der Waals surface area (Å²) in [5, 5.41) is 0. The first-order valence-corrected chi connectivity index (χ1v) is 17.1. The number of hydrogen-bond donors (Lipinski definition) is 0. The van der Waals surface area contributed by atoms with Crippen LogP contribution in [0.5, 0.6) is 0 Å². The first-order valence-electron chi connectivity index (χ1n) is 10.4. The molecule has 0 nitrogen and oxygen atoms in total. The molecule has 0 saturated heterocycles. The van der Waals surface area contributed by atoms with Crippen LogP contribution in [0.4, 0.5) is 0 Å². The van der Waals surface area contributed by atoms with Crippen molar-refractivity contribution in [2.45, 2.75) is 48.9 Å². The average Bonchev–Trinajstić information content (AvgIpc) is 3.20. The van der Waals surface area contributed by atoms with Gasteiger partial charge in [0.25, 0.3) is 0 Å². The van der Waals surface area contributed by atoms with Gasteiger partial charge in [0.2, 0.25) is 0 Å². The van der Waals surface area contributed by atoms with Gasteiger partial charge in [-0.05, 0) is 0 Å². The van der Waals surface area contributed by atoms with Crippen LogP contribution in [0.25, 0.3) is 11.1 Å². The SMILES string of the molecule is [CH2]=[Hf+2]([CH]1C=C(C(C)(C)C)c2ccccc21)[CH]1C=C(C(C)(C)C)c2ccccc21.[Cl-].[Cl-]. The largest absolute Gasteiger partial charge is 1.00 e. The molecule has 3 heteroatoms. The zero-order chi connectivity index (χ0) is 20.3. The van der Waals surface area contributed by atoms with Crippen molar-refractivity contribution < 1.29 is 45.8 Å². The minimum atomic E-state index is -2.30. The first-order chi connectivity index (χ1) is 13.1. The van der Waals surface area contributed by atoms with Crippen LogP contribution in [0.3, 0.4) is 0 Å². The summed E-state index contributed by atoms with van der Waals surface area (Å²) in [6.45, 7) is 14.1. The number of benzene rings is 2. The van der Waals surface area contributed by atoms with Crippen LogP contribution in [-0.2, 0) is 21.0 Å². The van der Waals surface area contributed by atoms with Gasteiger partial charge in [0.1, 0.15) is 0 Å². The molecule has 0 saturated carbocycles. The Morgan fingerprint density at radius 3 is 1.30 bits per heavy atom. The molecule has 2 aliphatic rings. The summed E-state index contributed by atoms with van der Waals surface area (Å²) in [6.07, 6.45) is 5.20. The van der Waals surface area contributed by atoms with Gasteiger partial charge in [0.15, 0.2) is 0 Å². The van der Waals surface area contributed by atoms with Gasteiger partial charge in [-0.1, -0.05) is 0 Å². The summed E-state index contributed by atoms with van der Waals surface area (Å²) < 4.78 is 6.10. The molecular weight excluding hydrogens is 574 g/mol. The molecule has 0 bridgehead atoms. The molecule has 2 atom stereocenters. The molecule has 0 aliphatic heterocycles. The van der Waals surface area contributed by atoms with E-state index < -0.39 is 21.0 Å². The van der Waals surface area contributed by atoms with Crippen molar-refractivity contribution in [1.29, 1.82) is 0 Å². The smallest absolute Gasteiger partial charge is 1.00 e. The maximum Gasteiger partial charge on any atom is -1.00 e. The van der Waals surface area contributed by atoms with Crippen LogP contribution in [0.15, 0.2) is 60.7 Å². The van der Waals surface area contributed by atoms with E-state index in [1.54, 1.807) is 11.1 Å². The molecule has 0 aromatic heterocycles. The van der Waals surface area contributed by atoms with Crippen molar-refractivity contribution in [2.75, 3.05) is 0 Å². The summed E-state index contributed by atoms with van der Waals surface area (Å²) in [5.74, 6) is 0. The minimum absolute atomic E-state index is 0. The minimum Gasteiger partial charge on any atom is -1.00 e. The second-order valence-electron chi connectivity index (χ2n) is 10.4. The predicted molar refractivity (Wildman–Crippen MR) is 120 cm³/mol. The molecule has 0 N–H and O–H groups in total. The molecule has 0 fully saturated rings. The summed E-state index contributed by atoms with van der Waals surface area (Å²) in [7, 11) is 0. The Morgan fingerprint density at radius 2 is 0.967 bits per heavy atom. The monoisotopic (exact) mass is 606 g/mol. The van der Waals surface area contributed by atoms with Gasteiger partial charge in [-0.2, -0.15) is 0 Å². The van der Waals surface area contributed by atoms with Gasteiger partial charge < -0.3 is 24.8 Å². The molecule has 0 radical (unpaired) electrons. The third kappa shape index (κ3) is 4.41. The van der Waals surface area contributed by atoms with Crippen molar-refractivity contribution >= 4 is 15.4 Å². The maximum atomic E-state index is 4.96. The number of fused-ring (bicyclic) bond motifs is 2. The van der Waals surface area contributed by atoms with Gasteiger partial charge in [-0.25, -0.2) is 0 Å². The van der Waals surface area contributed by atoms with Crippen LogP contribution in [0.2, 0.25) is 0 Å². The standard InChI is InChI=1S/2C13H15.CH2.2ClH.Hf/c2*1-13(2,3)12-9-8-10-6-4-5-7-11(10)12;;;;/h2*4-9H,1-3H3;1H2;2*1H;/q;;;;;+2/p-2. The van der Waals surface area contributed by atoms with E-state index in [1.807, 2.05) is 0 Å². The molecular formula is C27H32Cl2Hf. The van der Waals surface area contributed by atoms with E-state index in [2.05, 4.69) is 102 Å². The maximum absolute atomic E-state index is 4.96. The van der Waals surface area contributed by atoms with E-state index in [1.165, 1.54) is 22.3 Å². The molecule has 0 spiro atoms.